The molecule has 1 aliphatic carbocycles. The van der Waals surface area contributed by atoms with Crippen LogP contribution in [0.3, 0.4) is 0 Å². The largest absolute Gasteiger partial charge is 0.481 e. The van der Waals surface area contributed by atoms with Gasteiger partial charge in [-0.1, -0.05) is 55.5 Å². The first-order valence-electron chi connectivity index (χ1n) is 11.0. The Morgan fingerprint density at radius 1 is 1.09 bits per heavy atom. The van der Waals surface area contributed by atoms with E-state index in [4.69, 9.17) is 9.84 Å². The maximum Gasteiger partial charge on any atom is 0.413 e. The lowest BCUT2D eigenvalue weighted by molar-refractivity contribution is -0.137. The van der Waals surface area contributed by atoms with E-state index in [0.717, 1.165) is 22.3 Å². The van der Waals surface area contributed by atoms with Crippen LogP contribution in [0, 0.1) is 0 Å². The normalized spacial score (nSPS) is 13.0. The molecule has 34 heavy (non-hydrogen) atoms. The highest BCUT2D eigenvalue weighted by atomic mass is 32.1. The molecule has 2 aromatic carbocycles. The molecule has 1 unspecified atom stereocenters. The molecule has 1 atom stereocenters. The van der Waals surface area contributed by atoms with Gasteiger partial charge in [-0.2, -0.15) is 0 Å². The van der Waals surface area contributed by atoms with Gasteiger partial charge < -0.3 is 15.2 Å². The Labute approximate surface area is 201 Å². The first kappa shape index (κ1) is 23.4. The Kier molecular flexibility index (Phi) is 7.22. The van der Waals surface area contributed by atoms with Crippen molar-refractivity contribution in [2.45, 2.75) is 38.1 Å². The van der Waals surface area contributed by atoms with Gasteiger partial charge in [0.1, 0.15) is 6.61 Å². The fourth-order valence-corrected chi connectivity index (χ4v) is 4.81. The molecule has 4 rings (SSSR count). The van der Waals surface area contributed by atoms with Crippen molar-refractivity contribution in [3.8, 4) is 11.1 Å². The molecule has 0 aliphatic heterocycles. The molecule has 0 fully saturated rings. The van der Waals surface area contributed by atoms with E-state index >= 15 is 0 Å². The van der Waals surface area contributed by atoms with Gasteiger partial charge in [0.25, 0.3) is 0 Å². The lowest BCUT2D eigenvalue weighted by Crippen LogP contribution is -2.37. The highest BCUT2D eigenvalue weighted by Crippen LogP contribution is 2.44. The average Bonchev–Trinajstić information content (AvgIpc) is 3.38. The molecular formula is C25H25N3O5S. The molecule has 0 saturated heterocycles. The number of anilines is 1. The van der Waals surface area contributed by atoms with E-state index in [0.29, 0.717) is 17.2 Å². The number of rotatable bonds is 9. The van der Waals surface area contributed by atoms with Crippen molar-refractivity contribution in [1.29, 1.82) is 0 Å². The molecule has 9 heteroatoms. The van der Waals surface area contributed by atoms with Crippen LogP contribution in [-0.4, -0.2) is 40.7 Å². The number of thiazole rings is 1. The summed E-state index contributed by atoms with van der Waals surface area (Å²) in [6.07, 6.45) is -0.226. The van der Waals surface area contributed by atoms with Crippen LogP contribution in [0.25, 0.3) is 11.1 Å². The molecular weight excluding hydrogens is 454 g/mol. The van der Waals surface area contributed by atoms with Crippen LogP contribution in [-0.2, 0) is 20.7 Å². The summed E-state index contributed by atoms with van der Waals surface area (Å²) in [6.45, 7) is 2.01. The predicted octanol–water partition coefficient (Wildman–Crippen LogP) is 4.42. The molecule has 1 heterocycles. The zero-order chi connectivity index (χ0) is 24.1. The first-order chi connectivity index (χ1) is 16.4. The number of aromatic nitrogens is 1. The van der Waals surface area contributed by atoms with Gasteiger partial charge >= 0.3 is 12.1 Å². The van der Waals surface area contributed by atoms with Crippen molar-refractivity contribution in [2.75, 3.05) is 11.9 Å². The molecule has 0 saturated carbocycles. The lowest BCUT2D eigenvalue weighted by atomic mass is 9.98. The van der Waals surface area contributed by atoms with E-state index in [9.17, 15) is 14.4 Å². The van der Waals surface area contributed by atoms with Crippen LogP contribution in [0.2, 0.25) is 0 Å². The number of fused-ring (bicyclic) bond motifs is 3. The number of ether oxygens (including phenoxy) is 1. The summed E-state index contributed by atoms with van der Waals surface area (Å²) in [7, 11) is 0. The molecule has 1 aliphatic rings. The second kappa shape index (κ2) is 10.5. The number of hydrogen-bond donors (Lipinski definition) is 3. The quantitative estimate of drug-likeness (QED) is 0.418. The summed E-state index contributed by atoms with van der Waals surface area (Å²) < 4.78 is 5.52. The molecule has 0 bridgehead atoms. The maximum absolute atomic E-state index is 12.4. The number of carboxylic acids is 1. The van der Waals surface area contributed by atoms with Gasteiger partial charge in [-0.25, -0.2) is 9.78 Å². The number of benzene rings is 2. The van der Waals surface area contributed by atoms with E-state index < -0.39 is 18.1 Å². The zero-order valence-electron chi connectivity index (χ0n) is 18.6. The third kappa shape index (κ3) is 5.43. The van der Waals surface area contributed by atoms with Crippen molar-refractivity contribution in [2.24, 2.45) is 0 Å². The molecule has 8 nitrogen and oxygen atoms in total. The predicted molar refractivity (Wildman–Crippen MR) is 129 cm³/mol. The molecule has 0 spiro atoms. The minimum absolute atomic E-state index is 0.00100. The Hall–Kier alpha value is -3.72. The minimum Gasteiger partial charge on any atom is -0.481 e. The standard InChI is InChI=1S/C25H25N3O5S/c1-2-15(12-23(30)31)26-22(29)11-16-14-34-24(27-16)28-25(32)33-13-21-19-9-5-3-7-17(19)18-8-4-6-10-20(18)21/h3-10,14-15,21H,2,11-13H2,1H3,(H,26,29)(H,30,31)(H,27,28,32). The number of nitrogens with zero attached hydrogens (tertiary/aromatic N) is 1. The Morgan fingerprint density at radius 3 is 2.35 bits per heavy atom. The van der Waals surface area contributed by atoms with Gasteiger partial charge in [0.05, 0.1) is 18.5 Å². The smallest absolute Gasteiger partial charge is 0.413 e. The van der Waals surface area contributed by atoms with Crippen LogP contribution in [0.5, 0.6) is 0 Å². The first-order valence-corrected chi connectivity index (χ1v) is 11.9. The summed E-state index contributed by atoms with van der Waals surface area (Å²) in [4.78, 5) is 39.7. The summed E-state index contributed by atoms with van der Waals surface area (Å²) in [5, 5.41) is 16.2. The summed E-state index contributed by atoms with van der Waals surface area (Å²) in [5.74, 6) is -1.31. The maximum atomic E-state index is 12.4. The lowest BCUT2D eigenvalue weighted by Gasteiger charge is -2.14. The van der Waals surface area contributed by atoms with Crippen LogP contribution in [0.15, 0.2) is 53.9 Å². The van der Waals surface area contributed by atoms with E-state index in [1.54, 1.807) is 5.38 Å². The molecule has 3 aromatic rings. The third-order valence-electron chi connectivity index (χ3n) is 5.73. The highest BCUT2D eigenvalue weighted by Gasteiger charge is 2.29. The van der Waals surface area contributed by atoms with Crippen molar-refractivity contribution in [3.05, 3.63) is 70.7 Å². The van der Waals surface area contributed by atoms with Gasteiger partial charge in [0, 0.05) is 17.3 Å². The van der Waals surface area contributed by atoms with Gasteiger partial charge in [-0.3, -0.25) is 14.9 Å². The number of nitrogens with one attached hydrogen (secondary N) is 2. The van der Waals surface area contributed by atoms with Crippen molar-refractivity contribution >= 4 is 34.4 Å². The van der Waals surface area contributed by atoms with Gasteiger partial charge in [0.15, 0.2) is 5.13 Å². The Morgan fingerprint density at radius 2 is 1.74 bits per heavy atom. The highest BCUT2D eigenvalue weighted by molar-refractivity contribution is 7.13. The SMILES string of the molecule is CCC(CC(=O)O)NC(=O)Cc1csc(NC(=O)OCC2c3ccccc3-c3ccccc32)n1. The van der Waals surface area contributed by atoms with Crippen molar-refractivity contribution in [1.82, 2.24) is 10.3 Å². The van der Waals surface area contributed by atoms with E-state index in [2.05, 4.69) is 39.9 Å². The second-order valence-electron chi connectivity index (χ2n) is 8.04. The summed E-state index contributed by atoms with van der Waals surface area (Å²) in [5.41, 5.74) is 5.06. The zero-order valence-corrected chi connectivity index (χ0v) is 19.4. The van der Waals surface area contributed by atoms with Crippen LogP contribution in [0.1, 0.15) is 42.5 Å². The number of amides is 2. The fourth-order valence-electron chi connectivity index (χ4n) is 4.12. The summed E-state index contributed by atoms with van der Waals surface area (Å²) >= 11 is 1.19. The molecule has 2 amide bonds. The van der Waals surface area contributed by atoms with Crippen LogP contribution < -0.4 is 10.6 Å². The fraction of sp³-hybridized carbons (Fsp3) is 0.280. The number of hydrogen-bond acceptors (Lipinski definition) is 6. The summed E-state index contributed by atoms with van der Waals surface area (Å²) in [6, 6.07) is 15.8. The van der Waals surface area contributed by atoms with Crippen molar-refractivity contribution in [3.63, 3.8) is 0 Å². The molecule has 1 aromatic heterocycles. The third-order valence-corrected chi connectivity index (χ3v) is 6.53. The number of carbonyl (C=O) groups is 3. The van der Waals surface area contributed by atoms with E-state index in [1.165, 1.54) is 11.3 Å². The average molecular weight is 480 g/mol. The topological polar surface area (TPSA) is 118 Å². The Balaban J connectivity index is 1.31. The monoisotopic (exact) mass is 479 g/mol. The Bertz CT molecular complexity index is 1160. The second-order valence-corrected chi connectivity index (χ2v) is 8.90. The van der Waals surface area contributed by atoms with Gasteiger partial charge in [0.2, 0.25) is 5.91 Å². The number of carbonyl (C=O) groups excluding carboxylic acids is 2. The molecule has 3 N–H and O–H groups in total. The number of aliphatic carboxylic acids is 1. The van der Waals surface area contributed by atoms with Crippen LogP contribution >= 0.6 is 11.3 Å². The molecule has 0 radical (unpaired) electrons. The van der Waals surface area contributed by atoms with Gasteiger partial charge in [-0.15, -0.1) is 11.3 Å². The van der Waals surface area contributed by atoms with E-state index in [-0.39, 0.29) is 31.3 Å². The van der Waals surface area contributed by atoms with Gasteiger partial charge in [-0.05, 0) is 28.7 Å². The van der Waals surface area contributed by atoms with Crippen LogP contribution in [0.4, 0.5) is 9.93 Å². The van der Waals surface area contributed by atoms with E-state index in [1.807, 2.05) is 31.2 Å². The van der Waals surface area contributed by atoms with Crippen molar-refractivity contribution < 1.29 is 24.2 Å². The minimum atomic E-state index is -0.963. The number of carboxylic acid groups (broad SMARTS) is 1. The molecule has 176 valence electrons.